The molecule has 0 aromatic heterocycles. The summed E-state index contributed by atoms with van der Waals surface area (Å²) >= 11 is 3.25. The summed E-state index contributed by atoms with van der Waals surface area (Å²) in [5, 5.41) is 3.20. The lowest BCUT2D eigenvalue weighted by molar-refractivity contribution is 0.175. The van der Waals surface area contributed by atoms with Crippen molar-refractivity contribution >= 4 is 21.6 Å². The van der Waals surface area contributed by atoms with Crippen LogP contribution in [0.25, 0.3) is 0 Å². The second kappa shape index (κ2) is 2.63. The van der Waals surface area contributed by atoms with Crippen LogP contribution in [0.3, 0.4) is 0 Å². The number of hydrogen-bond acceptors (Lipinski definition) is 2. The first-order chi connectivity index (χ1) is 6.69. The molecule has 0 saturated heterocycles. The zero-order valence-corrected chi connectivity index (χ0v) is 9.03. The van der Waals surface area contributed by atoms with E-state index in [1.807, 2.05) is 6.07 Å². The Morgan fingerprint density at radius 2 is 2.21 bits per heavy atom. The maximum Gasteiger partial charge on any atom is 0.179 e. The topological polar surface area (TPSA) is 21.3 Å². The first-order valence-electron chi connectivity index (χ1n) is 4.61. The molecule has 14 heavy (non-hydrogen) atoms. The number of rotatable bonds is 0. The number of fused-ring (bicyclic) bond motifs is 1. The summed E-state index contributed by atoms with van der Waals surface area (Å²) in [5.74, 6) is 0.0739. The monoisotopic (exact) mass is 257 g/mol. The van der Waals surface area contributed by atoms with E-state index in [1.54, 1.807) is 0 Å². The highest BCUT2D eigenvalue weighted by atomic mass is 79.9. The lowest BCUT2D eigenvalue weighted by atomic mass is 10.2. The van der Waals surface area contributed by atoms with E-state index in [-0.39, 0.29) is 11.4 Å². The van der Waals surface area contributed by atoms with Crippen molar-refractivity contribution in [1.29, 1.82) is 0 Å². The smallest absolute Gasteiger partial charge is 0.179 e. The fourth-order valence-electron chi connectivity index (χ4n) is 1.72. The van der Waals surface area contributed by atoms with Crippen LogP contribution in [0.2, 0.25) is 0 Å². The Bertz CT molecular complexity index is 403. The number of hydrogen-bond donors (Lipinski definition) is 1. The third-order valence-electron chi connectivity index (χ3n) is 2.74. The molecule has 1 N–H and O–H groups in total. The molecule has 1 spiro atoms. The van der Waals surface area contributed by atoms with Crippen LogP contribution >= 0.6 is 15.9 Å². The van der Waals surface area contributed by atoms with Crippen LogP contribution in [0.4, 0.5) is 10.1 Å². The SMILES string of the molecule is Fc1cc(Br)cc2c1OC1(CC1)CN2. The van der Waals surface area contributed by atoms with Gasteiger partial charge in [-0.1, -0.05) is 15.9 Å². The largest absolute Gasteiger partial charge is 0.480 e. The van der Waals surface area contributed by atoms with Gasteiger partial charge in [0.05, 0.1) is 12.2 Å². The molecule has 0 amide bonds. The van der Waals surface area contributed by atoms with Crippen LogP contribution < -0.4 is 10.1 Å². The molecule has 0 atom stereocenters. The van der Waals surface area contributed by atoms with Crippen LogP contribution in [0.15, 0.2) is 16.6 Å². The van der Waals surface area contributed by atoms with Crippen LogP contribution in [-0.4, -0.2) is 12.1 Å². The van der Waals surface area contributed by atoms with Crippen molar-refractivity contribution in [2.75, 3.05) is 11.9 Å². The minimum atomic E-state index is -0.298. The van der Waals surface area contributed by atoms with E-state index in [0.717, 1.165) is 29.5 Å². The van der Waals surface area contributed by atoms with Gasteiger partial charge in [-0.25, -0.2) is 4.39 Å². The quantitative estimate of drug-likeness (QED) is 0.772. The Labute approximate surface area is 89.6 Å². The summed E-state index contributed by atoms with van der Waals surface area (Å²) in [4.78, 5) is 0. The summed E-state index contributed by atoms with van der Waals surface area (Å²) < 4.78 is 19.9. The molecule has 1 heterocycles. The van der Waals surface area contributed by atoms with Crippen LogP contribution in [-0.2, 0) is 0 Å². The van der Waals surface area contributed by atoms with E-state index in [1.165, 1.54) is 6.07 Å². The van der Waals surface area contributed by atoms with Gasteiger partial charge in [-0.05, 0) is 25.0 Å². The van der Waals surface area contributed by atoms with Crippen LogP contribution in [0.5, 0.6) is 5.75 Å². The maximum absolute atomic E-state index is 13.5. The Morgan fingerprint density at radius 3 is 2.93 bits per heavy atom. The van der Waals surface area contributed by atoms with E-state index in [0.29, 0.717) is 5.75 Å². The Kier molecular flexibility index (Phi) is 1.60. The molecule has 3 rings (SSSR count). The summed E-state index contributed by atoms with van der Waals surface area (Å²) in [7, 11) is 0. The van der Waals surface area contributed by atoms with Crippen molar-refractivity contribution < 1.29 is 9.13 Å². The molecular formula is C10H9BrFNO. The van der Waals surface area contributed by atoms with Crippen LogP contribution in [0, 0.1) is 5.82 Å². The maximum atomic E-state index is 13.5. The average Bonchev–Trinajstić information content (AvgIpc) is 2.87. The van der Waals surface area contributed by atoms with Gasteiger partial charge >= 0.3 is 0 Å². The molecule has 2 aliphatic rings. The number of halogens is 2. The predicted octanol–water partition coefficient (Wildman–Crippen LogP) is 2.93. The standard InChI is InChI=1S/C10H9BrFNO/c11-6-3-7(12)9-8(4-6)13-5-10(14-9)1-2-10/h3-4,13H,1-2,5H2. The zero-order chi connectivity index (χ0) is 9.76. The van der Waals surface area contributed by atoms with Crippen molar-refractivity contribution in [1.82, 2.24) is 0 Å². The summed E-state index contributed by atoms with van der Waals surface area (Å²) in [5.41, 5.74) is 0.635. The molecule has 4 heteroatoms. The molecule has 2 nitrogen and oxygen atoms in total. The second-order valence-electron chi connectivity index (χ2n) is 3.90. The predicted molar refractivity (Wildman–Crippen MR) is 55.2 cm³/mol. The van der Waals surface area contributed by atoms with Gasteiger partial charge in [-0.15, -0.1) is 0 Å². The van der Waals surface area contributed by atoms with Crippen LogP contribution in [0.1, 0.15) is 12.8 Å². The third-order valence-corrected chi connectivity index (χ3v) is 3.19. The van der Waals surface area contributed by atoms with Gasteiger partial charge in [0.15, 0.2) is 11.6 Å². The van der Waals surface area contributed by atoms with Gasteiger partial charge in [0.1, 0.15) is 5.60 Å². The highest BCUT2D eigenvalue weighted by Gasteiger charge is 2.48. The molecular weight excluding hydrogens is 249 g/mol. The van der Waals surface area contributed by atoms with E-state index >= 15 is 0 Å². The van der Waals surface area contributed by atoms with Gasteiger partial charge < -0.3 is 10.1 Å². The Morgan fingerprint density at radius 1 is 1.43 bits per heavy atom. The van der Waals surface area contributed by atoms with Crippen molar-refractivity contribution in [3.63, 3.8) is 0 Å². The Hall–Kier alpha value is -0.770. The van der Waals surface area contributed by atoms with Gasteiger partial charge in [0, 0.05) is 4.47 Å². The molecule has 1 fully saturated rings. The molecule has 0 radical (unpaired) electrons. The zero-order valence-electron chi connectivity index (χ0n) is 7.44. The van der Waals surface area contributed by atoms with E-state index < -0.39 is 0 Å². The molecule has 1 aliphatic carbocycles. The fraction of sp³-hybridized carbons (Fsp3) is 0.400. The molecule has 74 valence electrons. The van der Waals surface area contributed by atoms with Gasteiger partial charge in [0.25, 0.3) is 0 Å². The highest BCUT2D eigenvalue weighted by Crippen LogP contribution is 2.47. The number of nitrogens with one attached hydrogen (secondary N) is 1. The normalized spacial score (nSPS) is 21.0. The van der Waals surface area contributed by atoms with Crippen molar-refractivity contribution in [2.24, 2.45) is 0 Å². The Balaban J connectivity index is 2.07. The lowest BCUT2D eigenvalue weighted by Gasteiger charge is -2.27. The van der Waals surface area contributed by atoms with Crippen molar-refractivity contribution in [3.05, 3.63) is 22.4 Å². The van der Waals surface area contributed by atoms with Crippen molar-refractivity contribution in [2.45, 2.75) is 18.4 Å². The fourth-order valence-corrected chi connectivity index (χ4v) is 2.15. The first-order valence-corrected chi connectivity index (χ1v) is 5.40. The summed E-state index contributed by atoms with van der Waals surface area (Å²) in [6.07, 6.45) is 2.05. The highest BCUT2D eigenvalue weighted by molar-refractivity contribution is 9.10. The molecule has 1 aliphatic heterocycles. The summed E-state index contributed by atoms with van der Waals surface area (Å²) in [6, 6.07) is 3.27. The second-order valence-corrected chi connectivity index (χ2v) is 4.82. The van der Waals surface area contributed by atoms with Gasteiger partial charge in [0.2, 0.25) is 0 Å². The lowest BCUT2D eigenvalue weighted by Crippen LogP contribution is -2.33. The summed E-state index contributed by atoms with van der Waals surface area (Å²) in [6.45, 7) is 0.788. The molecule has 1 aromatic carbocycles. The van der Waals surface area contributed by atoms with E-state index in [9.17, 15) is 4.39 Å². The van der Waals surface area contributed by atoms with Gasteiger partial charge in [-0.3, -0.25) is 0 Å². The number of anilines is 1. The number of benzene rings is 1. The molecule has 1 aromatic rings. The molecule has 0 unspecified atom stereocenters. The van der Waals surface area contributed by atoms with E-state index in [4.69, 9.17) is 4.74 Å². The number of ether oxygens (including phenoxy) is 1. The molecule has 0 bridgehead atoms. The van der Waals surface area contributed by atoms with Crippen molar-refractivity contribution in [3.8, 4) is 5.75 Å². The minimum Gasteiger partial charge on any atom is -0.480 e. The van der Waals surface area contributed by atoms with Gasteiger partial charge in [-0.2, -0.15) is 0 Å². The first kappa shape index (κ1) is 8.53. The minimum absolute atomic E-state index is 0.109. The average molecular weight is 258 g/mol. The third kappa shape index (κ3) is 1.21. The van der Waals surface area contributed by atoms with E-state index in [2.05, 4.69) is 21.2 Å². The molecule has 1 saturated carbocycles.